The van der Waals surface area contributed by atoms with Gasteiger partial charge in [0, 0.05) is 0 Å². The van der Waals surface area contributed by atoms with Crippen LogP contribution in [0.15, 0.2) is 0 Å². The van der Waals surface area contributed by atoms with Crippen LogP contribution in [-0.4, -0.2) is 34.4 Å². The Morgan fingerprint density at radius 2 is 2.23 bits per heavy atom. The summed E-state index contributed by atoms with van der Waals surface area (Å²) in [6.07, 6.45) is 1.81. The van der Waals surface area contributed by atoms with E-state index < -0.39 is 0 Å². The molecule has 0 spiro atoms. The molecule has 1 amide bonds. The zero-order chi connectivity index (χ0) is 10.0. The molecule has 13 heavy (non-hydrogen) atoms. The van der Waals surface area contributed by atoms with E-state index >= 15 is 0 Å². The number of nitrogens with zero attached hydrogens (tertiary/aromatic N) is 1. The number of hydrogen-bond acceptors (Lipinski definition) is 3. The van der Waals surface area contributed by atoms with E-state index in [-0.39, 0.29) is 18.0 Å². The maximum absolute atomic E-state index is 11.0. The van der Waals surface area contributed by atoms with Crippen molar-refractivity contribution in [2.24, 2.45) is 11.5 Å². The summed E-state index contributed by atoms with van der Waals surface area (Å²) in [5.74, 6) is -0.277. The monoisotopic (exact) mass is 201 g/mol. The van der Waals surface area contributed by atoms with Crippen LogP contribution in [0.2, 0.25) is 0 Å². The van der Waals surface area contributed by atoms with Crippen molar-refractivity contribution in [3.05, 3.63) is 0 Å². The second-order valence-corrected chi connectivity index (χ2v) is 3.85. The number of thiocarbonyl (C=S) groups is 1. The van der Waals surface area contributed by atoms with Crippen LogP contribution < -0.4 is 11.5 Å². The summed E-state index contributed by atoms with van der Waals surface area (Å²) in [4.78, 5) is 13.4. The van der Waals surface area contributed by atoms with Gasteiger partial charge in [0.25, 0.3) is 0 Å². The zero-order valence-electron chi connectivity index (χ0n) is 7.69. The first-order chi connectivity index (χ1) is 6.04. The van der Waals surface area contributed by atoms with Crippen molar-refractivity contribution in [2.45, 2.75) is 31.8 Å². The molecule has 0 aromatic rings. The molecule has 1 heterocycles. The van der Waals surface area contributed by atoms with Crippen molar-refractivity contribution in [1.29, 1.82) is 0 Å². The van der Waals surface area contributed by atoms with Crippen molar-refractivity contribution < 1.29 is 4.79 Å². The summed E-state index contributed by atoms with van der Waals surface area (Å²) < 4.78 is 0. The molecule has 4 nitrogen and oxygen atoms in total. The van der Waals surface area contributed by atoms with Crippen molar-refractivity contribution in [2.75, 3.05) is 6.54 Å². The quantitative estimate of drug-likeness (QED) is 0.610. The molecule has 0 aromatic heterocycles. The summed E-state index contributed by atoms with van der Waals surface area (Å²) in [7, 11) is 0. The maximum atomic E-state index is 11.0. The van der Waals surface area contributed by atoms with Crippen LogP contribution in [-0.2, 0) is 4.79 Å². The molecule has 5 heteroatoms. The molecular formula is C8H15N3OS. The summed E-state index contributed by atoms with van der Waals surface area (Å²) in [6, 6.07) is -0.216. The fourth-order valence-corrected chi connectivity index (χ4v) is 1.86. The second-order valence-electron chi connectivity index (χ2n) is 3.38. The molecule has 1 fully saturated rings. The van der Waals surface area contributed by atoms with E-state index in [2.05, 4.69) is 0 Å². The third kappa shape index (κ3) is 2.16. The highest BCUT2D eigenvalue weighted by molar-refractivity contribution is 7.80. The highest BCUT2D eigenvalue weighted by Gasteiger charge is 2.32. The topological polar surface area (TPSA) is 72.3 Å². The fourth-order valence-electron chi connectivity index (χ4n) is 1.72. The van der Waals surface area contributed by atoms with Crippen LogP contribution in [0.3, 0.4) is 0 Å². The maximum Gasteiger partial charge on any atom is 0.234 e. The predicted molar refractivity (Wildman–Crippen MR) is 55.2 cm³/mol. The number of likely N-dealkylation sites (tertiary alicyclic amines) is 1. The molecule has 1 rings (SSSR count). The Hall–Kier alpha value is -0.680. The molecule has 1 aliphatic heterocycles. The van der Waals surface area contributed by atoms with E-state index in [1.807, 2.05) is 11.8 Å². The van der Waals surface area contributed by atoms with Crippen LogP contribution in [0.4, 0.5) is 0 Å². The zero-order valence-corrected chi connectivity index (χ0v) is 8.51. The summed E-state index contributed by atoms with van der Waals surface area (Å²) in [6.45, 7) is 2.76. The smallest absolute Gasteiger partial charge is 0.234 e. The first kappa shape index (κ1) is 10.4. The Bertz CT molecular complexity index is 231. The van der Waals surface area contributed by atoms with Crippen molar-refractivity contribution in [3.63, 3.8) is 0 Å². The van der Waals surface area contributed by atoms with Crippen LogP contribution >= 0.6 is 12.2 Å². The average molecular weight is 201 g/mol. The van der Waals surface area contributed by atoms with E-state index in [4.69, 9.17) is 23.7 Å². The lowest BCUT2D eigenvalue weighted by molar-refractivity contribution is -0.122. The van der Waals surface area contributed by atoms with Gasteiger partial charge in [-0.1, -0.05) is 12.2 Å². The predicted octanol–water partition coefficient (Wildman–Crippen LogP) is -0.389. The van der Waals surface area contributed by atoms with Gasteiger partial charge in [-0.05, 0) is 26.3 Å². The number of carbonyl (C=O) groups excluding carboxylic acids is 1. The standard InChI is InChI=1S/C8H15N3OS/c1-5(8(10)13)11-4-2-3-6(11)7(9)12/h5-6H,2-4H2,1H3,(H2,9,12)(H2,10,13). The molecule has 1 saturated heterocycles. The van der Waals surface area contributed by atoms with Crippen LogP contribution in [0.1, 0.15) is 19.8 Å². The molecule has 2 unspecified atom stereocenters. The summed E-state index contributed by atoms with van der Waals surface area (Å²) in [5.41, 5.74) is 10.8. The number of hydrogen-bond donors (Lipinski definition) is 2. The van der Waals surface area contributed by atoms with E-state index in [9.17, 15) is 4.79 Å². The Morgan fingerprint density at radius 1 is 1.62 bits per heavy atom. The number of amides is 1. The SMILES string of the molecule is CC(C(N)=S)N1CCCC1C(N)=O. The lowest BCUT2D eigenvalue weighted by Gasteiger charge is -2.27. The van der Waals surface area contributed by atoms with Gasteiger partial charge in [0.05, 0.1) is 17.1 Å². The Morgan fingerprint density at radius 3 is 2.69 bits per heavy atom. The number of rotatable bonds is 3. The molecule has 4 N–H and O–H groups in total. The first-order valence-electron chi connectivity index (χ1n) is 4.38. The third-order valence-electron chi connectivity index (χ3n) is 2.53. The Balaban J connectivity index is 2.68. The van der Waals surface area contributed by atoms with Gasteiger partial charge < -0.3 is 11.5 Å². The van der Waals surface area contributed by atoms with Crippen LogP contribution in [0.5, 0.6) is 0 Å². The first-order valence-corrected chi connectivity index (χ1v) is 4.79. The van der Waals surface area contributed by atoms with Gasteiger partial charge in [-0.2, -0.15) is 0 Å². The van der Waals surface area contributed by atoms with E-state index in [0.29, 0.717) is 4.99 Å². The molecule has 0 aromatic carbocycles. The van der Waals surface area contributed by atoms with Crippen molar-refractivity contribution in [1.82, 2.24) is 4.90 Å². The molecular weight excluding hydrogens is 186 g/mol. The largest absolute Gasteiger partial charge is 0.392 e. The fraction of sp³-hybridized carbons (Fsp3) is 0.750. The van der Waals surface area contributed by atoms with Gasteiger partial charge in [0.2, 0.25) is 5.91 Å². The molecule has 0 radical (unpaired) electrons. The summed E-state index contributed by atoms with van der Waals surface area (Å²) in [5, 5.41) is 0. The second kappa shape index (κ2) is 4.02. The van der Waals surface area contributed by atoms with Gasteiger partial charge >= 0.3 is 0 Å². The van der Waals surface area contributed by atoms with Gasteiger partial charge in [-0.15, -0.1) is 0 Å². The van der Waals surface area contributed by atoms with Gasteiger partial charge in [-0.25, -0.2) is 0 Å². The van der Waals surface area contributed by atoms with Gasteiger partial charge in [-0.3, -0.25) is 9.69 Å². The molecule has 74 valence electrons. The molecule has 0 bridgehead atoms. The van der Waals surface area contributed by atoms with Gasteiger partial charge in [0.15, 0.2) is 0 Å². The summed E-state index contributed by atoms with van der Waals surface area (Å²) >= 11 is 4.88. The van der Waals surface area contributed by atoms with E-state index in [0.717, 1.165) is 19.4 Å². The van der Waals surface area contributed by atoms with E-state index in [1.54, 1.807) is 0 Å². The third-order valence-corrected chi connectivity index (χ3v) is 2.87. The molecule has 1 aliphatic rings. The minimum atomic E-state index is -0.277. The minimum Gasteiger partial charge on any atom is -0.392 e. The molecule has 2 atom stereocenters. The molecule has 0 saturated carbocycles. The minimum absolute atomic E-state index is 0.0324. The van der Waals surface area contributed by atoms with Crippen LogP contribution in [0, 0.1) is 0 Å². The number of primary amides is 1. The molecule has 0 aliphatic carbocycles. The number of carbonyl (C=O) groups is 1. The Labute approximate surface area is 83.2 Å². The highest BCUT2D eigenvalue weighted by Crippen LogP contribution is 2.19. The average Bonchev–Trinajstić information content (AvgIpc) is 2.50. The lowest BCUT2D eigenvalue weighted by Crippen LogP contribution is -2.49. The highest BCUT2D eigenvalue weighted by atomic mass is 32.1. The normalized spacial score (nSPS) is 25.8. The van der Waals surface area contributed by atoms with Gasteiger partial charge in [0.1, 0.15) is 0 Å². The number of nitrogens with two attached hydrogens (primary N) is 2. The lowest BCUT2D eigenvalue weighted by atomic mass is 10.2. The van der Waals surface area contributed by atoms with Crippen molar-refractivity contribution >= 4 is 23.1 Å². The van der Waals surface area contributed by atoms with Crippen LogP contribution in [0.25, 0.3) is 0 Å². The van der Waals surface area contributed by atoms with Crippen molar-refractivity contribution in [3.8, 4) is 0 Å². The van der Waals surface area contributed by atoms with E-state index in [1.165, 1.54) is 0 Å². The Kier molecular flexibility index (Phi) is 3.22.